The Kier molecular flexibility index (Phi) is 8.00. The summed E-state index contributed by atoms with van der Waals surface area (Å²) in [5, 5.41) is 3.36. The Morgan fingerprint density at radius 1 is 0.529 bits per heavy atom. The number of fused-ring (bicyclic) bond motifs is 17. The molecule has 9 aromatic rings. The summed E-state index contributed by atoms with van der Waals surface area (Å²) in [4.78, 5) is 5.18. The fourth-order valence-electron chi connectivity index (χ4n) is 13.8. The van der Waals surface area contributed by atoms with E-state index in [0.29, 0.717) is 5.92 Å². The Bertz CT molecular complexity index is 3640. The number of para-hydroxylation sites is 2. The van der Waals surface area contributed by atoms with E-state index < -0.39 is 0 Å². The molecular weight excluding hydrogens is 828 g/mol. The van der Waals surface area contributed by atoms with Crippen molar-refractivity contribution in [3.05, 3.63) is 161 Å². The van der Waals surface area contributed by atoms with Gasteiger partial charge in [0.1, 0.15) is 11.2 Å². The lowest BCUT2D eigenvalue weighted by molar-refractivity contribution is 0.327. The molecule has 2 aromatic heterocycles. The van der Waals surface area contributed by atoms with Crippen LogP contribution in [0.5, 0.6) is 0 Å². The minimum atomic E-state index is -0.165. The van der Waals surface area contributed by atoms with Crippen LogP contribution in [0.15, 0.2) is 142 Å². The number of hydrogen-bond donors (Lipinski definition) is 0. The van der Waals surface area contributed by atoms with Crippen LogP contribution in [0.4, 0.5) is 34.1 Å². The van der Waals surface area contributed by atoms with E-state index in [1.807, 2.05) is 0 Å². The molecule has 0 radical (unpaired) electrons. The number of furan rings is 2. The van der Waals surface area contributed by atoms with Crippen molar-refractivity contribution in [3.8, 4) is 11.1 Å². The van der Waals surface area contributed by atoms with Crippen molar-refractivity contribution >= 4 is 90.3 Å². The van der Waals surface area contributed by atoms with Crippen molar-refractivity contribution < 1.29 is 8.83 Å². The van der Waals surface area contributed by atoms with E-state index in [9.17, 15) is 0 Å². The maximum atomic E-state index is 7.42. The highest BCUT2D eigenvalue weighted by Gasteiger charge is 2.57. The van der Waals surface area contributed by atoms with Gasteiger partial charge in [0.15, 0.2) is 5.58 Å². The zero-order valence-electron chi connectivity index (χ0n) is 41.0. The normalized spacial score (nSPS) is 20.2. The molecule has 3 aliphatic carbocycles. The average Bonchev–Trinajstić information content (AvgIpc) is 4.15. The van der Waals surface area contributed by atoms with Crippen LogP contribution in [-0.2, 0) is 21.7 Å². The van der Waals surface area contributed by atoms with E-state index in [0.717, 1.165) is 55.9 Å². The van der Waals surface area contributed by atoms with Gasteiger partial charge in [-0.3, -0.25) is 0 Å². The minimum Gasteiger partial charge on any atom is -0.468 e. The van der Waals surface area contributed by atoms with Crippen LogP contribution < -0.4 is 26.4 Å². The summed E-state index contributed by atoms with van der Waals surface area (Å²) in [5.74, 6) is 1.47. The second-order valence-corrected chi connectivity index (χ2v) is 24.2. The molecule has 4 nitrogen and oxygen atoms in total. The molecule has 68 heavy (non-hydrogen) atoms. The van der Waals surface area contributed by atoms with Crippen LogP contribution in [0.1, 0.15) is 116 Å². The summed E-state index contributed by atoms with van der Waals surface area (Å²) < 4.78 is 14.4. The average molecular weight is 887 g/mol. The Balaban J connectivity index is 1.10. The number of rotatable bonds is 2. The first-order valence-corrected chi connectivity index (χ1v) is 25.2. The molecule has 14 rings (SSSR count). The Hall–Kier alpha value is -6.46. The van der Waals surface area contributed by atoms with Crippen LogP contribution in [0.2, 0.25) is 0 Å². The van der Waals surface area contributed by atoms with Gasteiger partial charge < -0.3 is 18.6 Å². The molecule has 0 N–H and O–H groups in total. The first kappa shape index (κ1) is 40.6. The predicted octanol–water partition coefficient (Wildman–Crippen LogP) is 15.4. The highest BCUT2D eigenvalue weighted by atomic mass is 16.3. The summed E-state index contributed by atoms with van der Waals surface area (Å²) in [6.45, 7) is 20.9. The molecule has 4 heterocycles. The standard InChI is InChI=1S/C63H59BN2O2/c1-60(2,3)37-24-28-55-46(30-37)57-59(68-55)64-49-27-23-38(61(4,5)6)31-51(49)65(41-25-26-43-42-15-10-12-18-47(42)63(48(43)34-41)35-36-21-22-39(63)29-36)52-32-40(62(7,8)9)33-53(56(52)64)66(57)50-19-14-17-45-44-16-11-13-20-54(44)67-58(45)50/h10-20,23-28,30-34,36,39H,21-22,29,35H2,1-9H3. The van der Waals surface area contributed by atoms with E-state index >= 15 is 0 Å². The number of hydrogen-bond acceptors (Lipinski definition) is 4. The van der Waals surface area contributed by atoms with Gasteiger partial charge in [0, 0.05) is 44.3 Å². The molecular formula is C63H59BN2O2. The molecule has 0 saturated heterocycles. The quantitative estimate of drug-likeness (QED) is 0.162. The van der Waals surface area contributed by atoms with Crippen molar-refractivity contribution in [2.75, 3.05) is 9.80 Å². The van der Waals surface area contributed by atoms with Crippen molar-refractivity contribution in [3.63, 3.8) is 0 Å². The second kappa shape index (κ2) is 13.4. The SMILES string of the molecule is CC(C)(C)c1ccc2c(c1)N(c1ccc3c(c1)C1(CC4CCC1C4)c1ccccc1-3)c1cc(C(C)(C)C)cc3c1B2c1oc2ccc(C(C)(C)C)cc2c1N3c1cccc2c1oc1ccccc12. The highest BCUT2D eigenvalue weighted by Crippen LogP contribution is 2.66. The molecule has 5 aliphatic rings. The molecule has 336 valence electrons. The summed E-state index contributed by atoms with van der Waals surface area (Å²) in [6.07, 6.45) is 5.28. The smallest absolute Gasteiger partial charge is 0.297 e. The highest BCUT2D eigenvalue weighted by molar-refractivity contribution is 7.00. The van der Waals surface area contributed by atoms with Gasteiger partial charge in [-0.15, -0.1) is 0 Å². The molecule has 5 heteroatoms. The molecule has 0 amide bonds. The topological polar surface area (TPSA) is 32.8 Å². The van der Waals surface area contributed by atoms with Gasteiger partial charge in [-0.25, -0.2) is 0 Å². The molecule has 2 fully saturated rings. The lowest BCUT2D eigenvalue weighted by atomic mass is 9.35. The fraction of sp³-hybridized carbons (Fsp3) is 0.302. The first-order chi connectivity index (χ1) is 32.6. The molecule has 3 atom stereocenters. The Morgan fingerprint density at radius 3 is 1.97 bits per heavy atom. The lowest BCUT2D eigenvalue weighted by Crippen LogP contribution is -2.61. The van der Waals surface area contributed by atoms with Gasteiger partial charge in [0.25, 0.3) is 6.71 Å². The van der Waals surface area contributed by atoms with Gasteiger partial charge in [-0.1, -0.05) is 148 Å². The molecule has 1 spiro atoms. The third-order valence-corrected chi connectivity index (χ3v) is 17.2. The van der Waals surface area contributed by atoms with Gasteiger partial charge in [0.2, 0.25) is 0 Å². The fourth-order valence-corrected chi connectivity index (χ4v) is 13.8. The van der Waals surface area contributed by atoms with E-state index in [4.69, 9.17) is 8.83 Å². The summed E-state index contributed by atoms with van der Waals surface area (Å²) in [6, 6.07) is 51.3. The van der Waals surface area contributed by atoms with E-state index in [2.05, 4.69) is 206 Å². The third kappa shape index (κ3) is 5.39. The van der Waals surface area contributed by atoms with E-state index in [-0.39, 0.29) is 28.4 Å². The molecule has 2 bridgehead atoms. The minimum absolute atomic E-state index is 0.0586. The summed E-state index contributed by atoms with van der Waals surface area (Å²) in [7, 11) is 0. The van der Waals surface area contributed by atoms with Gasteiger partial charge in [-0.2, -0.15) is 0 Å². The number of nitrogens with zero attached hydrogens (tertiary/aromatic N) is 2. The monoisotopic (exact) mass is 886 g/mol. The van der Waals surface area contributed by atoms with E-state index in [1.165, 1.54) is 92.7 Å². The molecule has 7 aromatic carbocycles. The zero-order valence-corrected chi connectivity index (χ0v) is 41.0. The zero-order chi connectivity index (χ0) is 46.4. The summed E-state index contributed by atoms with van der Waals surface area (Å²) >= 11 is 0. The van der Waals surface area contributed by atoms with Gasteiger partial charge in [0.05, 0.1) is 17.0 Å². The maximum absolute atomic E-state index is 7.42. The van der Waals surface area contributed by atoms with Crippen molar-refractivity contribution in [2.45, 2.75) is 110 Å². The predicted molar refractivity (Wildman–Crippen MR) is 285 cm³/mol. The molecule has 2 saturated carbocycles. The van der Waals surface area contributed by atoms with Crippen LogP contribution >= 0.6 is 0 Å². The molecule has 3 unspecified atom stereocenters. The van der Waals surface area contributed by atoms with Crippen LogP contribution in [0, 0.1) is 11.8 Å². The number of benzene rings is 7. The van der Waals surface area contributed by atoms with Crippen LogP contribution in [0.25, 0.3) is 44.0 Å². The largest absolute Gasteiger partial charge is 0.468 e. The Morgan fingerprint density at radius 2 is 1.21 bits per heavy atom. The second-order valence-electron chi connectivity index (χ2n) is 24.2. The lowest BCUT2D eigenvalue weighted by Gasteiger charge is -2.44. The maximum Gasteiger partial charge on any atom is 0.297 e. The van der Waals surface area contributed by atoms with E-state index in [1.54, 1.807) is 5.56 Å². The number of anilines is 6. The van der Waals surface area contributed by atoms with Gasteiger partial charge >= 0.3 is 0 Å². The van der Waals surface area contributed by atoms with Crippen LogP contribution in [0.3, 0.4) is 0 Å². The van der Waals surface area contributed by atoms with Crippen LogP contribution in [-0.4, -0.2) is 6.71 Å². The third-order valence-electron chi connectivity index (χ3n) is 17.2. The summed E-state index contributed by atoms with van der Waals surface area (Å²) in [5.41, 5.74) is 22.8. The first-order valence-electron chi connectivity index (χ1n) is 25.2. The Labute approximate surface area is 401 Å². The van der Waals surface area contributed by atoms with Crippen molar-refractivity contribution in [1.82, 2.24) is 0 Å². The van der Waals surface area contributed by atoms with Gasteiger partial charge in [-0.05, 0) is 152 Å². The van der Waals surface area contributed by atoms with Crippen molar-refractivity contribution in [1.29, 1.82) is 0 Å². The van der Waals surface area contributed by atoms with Crippen molar-refractivity contribution in [2.24, 2.45) is 11.8 Å². The molecule has 2 aliphatic heterocycles.